The van der Waals surface area contributed by atoms with Crippen molar-refractivity contribution in [2.24, 2.45) is 10.9 Å². The van der Waals surface area contributed by atoms with Crippen LogP contribution in [0.3, 0.4) is 0 Å². The van der Waals surface area contributed by atoms with Crippen LogP contribution in [0.2, 0.25) is 0 Å². The summed E-state index contributed by atoms with van der Waals surface area (Å²) in [5.74, 6) is 0.854. The Bertz CT molecular complexity index is 519. The molecule has 0 aromatic carbocycles. The number of piperidine rings is 1. The highest BCUT2D eigenvalue weighted by Crippen LogP contribution is 2.19. The number of rotatable bonds is 4. The van der Waals surface area contributed by atoms with Gasteiger partial charge in [-0.2, -0.15) is 0 Å². The number of carbonyl (C=O) groups excluding carboxylic acids is 1. The summed E-state index contributed by atoms with van der Waals surface area (Å²) in [5, 5.41) is 3.42. The van der Waals surface area contributed by atoms with E-state index in [9.17, 15) is 4.79 Å². The molecular weight excluding hydrogens is 298 g/mol. The van der Waals surface area contributed by atoms with Crippen LogP contribution in [0, 0.1) is 5.92 Å². The lowest BCUT2D eigenvalue weighted by atomic mass is 9.97. The molecule has 1 aromatic heterocycles. The number of ether oxygens (including phenoxy) is 1. The maximum Gasteiger partial charge on any atom is 0.308 e. The highest BCUT2D eigenvalue weighted by atomic mass is 32.1. The van der Waals surface area contributed by atoms with Gasteiger partial charge in [0.2, 0.25) is 0 Å². The summed E-state index contributed by atoms with van der Waals surface area (Å²) >= 11 is 1.84. The third-order valence-electron chi connectivity index (χ3n) is 4.03. The van der Waals surface area contributed by atoms with Gasteiger partial charge in [0.15, 0.2) is 5.96 Å². The van der Waals surface area contributed by atoms with Gasteiger partial charge in [-0.25, -0.2) is 0 Å². The van der Waals surface area contributed by atoms with E-state index in [1.807, 2.05) is 11.3 Å². The van der Waals surface area contributed by atoms with Gasteiger partial charge in [0.05, 0.1) is 19.6 Å². The van der Waals surface area contributed by atoms with Crippen molar-refractivity contribution in [1.82, 2.24) is 10.2 Å². The van der Waals surface area contributed by atoms with Gasteiger partial charge in [-0.3, -0.25) is 9.79 Å². The molecule has 0 unspecified atom stereocenters. The molecule has 0 aliphatic carbocycles. The third-order valence-corrected chi connectivity index (χ3v) is 5.26. The second-order valence-corrected chi connectivity index (χ2v) is 6.66. The average molecular weight is 323 g/mol. The zero-order chi connectivity index (χ0) is 15.9. The van der Waals surface area contributed by atoms with Crippen LogP contribution in [0.15, 0.2) is 17.1 Å². The quantitative estimate of drug-likeness (QED) is 0.525. The number of carbonyl (C=O) groups is 1. The molecule has 1 aromatic rings. The highest BCUT2D eigenvalue weighted by Gasteiger charge is 2.26. The van der Waals surface area contributed by atoms with E-state index in [0.717, 1.165) is 44.9 Å². The lowest BCUT2D eigenvalue weighted by Gasteiger charge is -2.33. The minimum absolute atomic E-state index is 0.0313. The topological polar surface area (TPSA) is 53.9 Å². The number of esters is 1. The van der Waals surface area contributed by atoms with E-state index in [1.165, 1.54) is 16.9 Å². The van der Waals surface area contributed by atoms with Gasteiger partial charge in [-0.1, -0.05) is 6.92 Å². The van der Waals surface area contributed by atoms with Gasteiger partial charge in [0.1, 0.15) is 0 Å². The number of aliphatic imine (C=N–C) groups is 1. The molecule has 1 aliphatic heterocycles. The van der Waals surface area contributed by atoms with E-state index in [1.54, 1.807) is 7.05 Å². The van der Waals surface area contributed by atoms with Gasteiger partial charge >= 0.3 is 5.97 Å². The molecule has 1 fully saturated rings. The second kappa shape index (κ2) is 8.17. The van der Waals surface area contributed by atoms with Crippen molar-refractivity contribution in [3.63, 3.8) is 0 Å². The predicted molar refractivity (Wildman–Crippen MR) is 90.2 cm³/mol. The second-order valence-electron chi connectivity index (χ2n) is 5.41. The molecule has 1 aliphatic rings. The Hall–Kier alpha value is -1.56. The van der Waals surface area contributed by atoms with Crippen LogP contribution >= 0.6 is 11.3 Å². The lowest BCUT2D eigenvalue weighted by Crippen LogP contribution is -2.46. The first-order valence-corrected chi connectivity index (χ1v) is 8.60. The number of thiophene rings is 1. The molecule has 0 atom stereocenters. The maximum atomic E-state index is 11.6. The summed E-state index contributed by atoms with van der Waals surface area (Å²) in [6.45, 7) is 4.65. The molecule has 0 radical (unpaired) electrons. The van der Waals surface area contributed by atoms with Gasteiger partial charge in [-0.15, -0.1) is 11.3 Å². The largest absolute Gasteiger partial charge is 0.469 e. The van der Waals surface area contributed by atoms with Crippen molar-refractivity contribution < 1.29 is 9.53 Å². The Morgan fingerprint density at radius 3 is 2.64 bits per heavy atom. The molecule has 2 rings (SSSR count). The third kappa shape index (κ3) is 4.22. The van der Waals surface area contributed by atoms with Crippen LogP contribution in [0.25, 0.3) is 0 Å². The Labute approximate surface area is 136 Å². The van der Waals surface area contributed by atoms with E-state index in [-0.39, 0.29) is 11.9 Å². The monoisotopic (exact) mass is 323 g/mol. The van der Waals surface area contributed by atoms with Gasteiger partial charge in [0.25, 0.3) is 0 Å². The fourth-order valence-corrected chi connectivity index (χ4v) is 3.60. The zero-order valence-corrected chi connectivity index (χ0v) is 14.4. The molecular formula is C16H25N3O2S. The summed E-state index contributed by atoms with van der Waals surface area (Å²) in [5.41, 5.74) is 0. The lowest BCUT2D eigenvalue weighted by molar-refractivity contribution is -0.146. The number of hydrogen-bond donors (Lipinski definition) is 1. The van der Waals surface area contributed by atoms with Crippen LogP contribution in [0.4, 0.5) is 0 Å². The minimum Gasteiger partial charge on any atom is -0.469 e. The predicted octanol–water partition coefficient (Wildman–Crippen LogP) is 2.27. The summed E-state index contributed by atoms with van der Waals surface area (Å²) in [6, 6.07) is 4.36. The molecule has 0 spiro atoms. The molecule has 0 amide bonds. The normalized spacial score (nSPS) is 16.7. The summed E-state index contributed by atoms with van der Waals surface area (Å²) in [7, 11) is 3.27. The van der Waals surface area contributed by atoms with Crippen molar-refractivity contribution in [2.45, 2.75) is 32.7 Å². The Kier molecular flexibility index (Phi) is 6.24. The van der Waals surface area contributed by atoms with Crippen molar-refractivity contribution in [2.75, 3.05) is 27.2 Å². The number of nitrogens with zero attached hydrogens (tertiary/aromatic N) is 2. The van der Waals surface area contributed by atoms with E-state index in [2.05, 4.69) is 34.3 Å². The molecule has 0 saturated carbocycles. The number of guanidine groups is 1. The highest BCUT2D eigenvalue weighted by molar-refractivity contribution is 7.11. The van der Waals surface area contributed by atoms with Crippen molar-refractivity contribution in [3.8, 4) is 0 Å². The standard InChI is InChI=1S/C16H25N3O2S/c1-4-13-5-6-14(22-13)11-18-16(17-2)19-9-7-12(8-10-19)15(20)21-3/h5-6,12H,4,7-11H2,1-3H3,(H,17,18). The first-order chi connectivity index (χ1) is 10.7. The fourth-order valence-electron chi connectivity index (χ4n) is 2.70. The zero-order valence-electron chi connectivity index (χ0n) is 13.6. The number of likely N-dealkylation sites (tertiary alicyclic amines) is 1. The van der Waals surface area contributed by atoms with Gasteiger partial charge in [0, 0.05) is 29.9 Å². The molecule has 122 valence electrons. The van der Waals surface area contributed by atoms with Crippen molar-refractivity contribution in [3.05, 3.63) is 21.9 Å². The molecule has 22 heavy (non-hydrogen) atoms. The fraction of sp³-hybridized carbons (Fsp3) is 0.625. The first-order valence-electron chi connectivity index (χ1n) is 7.79. The van der Waals surface area contributed by atoms with E-state index >= 15 is 0 Å². The Morgan fingerprint density at radius 1 is 1.41 bits per heavy atom. The van der Waals surface area contributed by atoms with E-state index in [0.29, 0.717) is 0 Å². The summed E-state index contributed by atoms with van der Waals surface area (Å²) in [4.78, 5) is 20.9. The van der Waals surface area contributed by atoms with Gasteiger partial charge < -0.3 is 15.0 Å². The average Bonchev–Trinajstić information content (AvgIpc) is 3.03. The van der Waals surface area contributed by atoms with Crippen LogP contribution in [0.5, 0.6) is 0 Å². The molecule has 1 saturated heterocycles. The summed E-state index contributed by atoms with van der Waals surface area (Å²) in [6.07, 6.45) is 2.74. The number of nitrogens with one attached hydrogen (secondary N) is 1. The Morgan fingerprint density at radius 2 is 2.09 bits per heavy atom. The molecule has 2 heterocycles. The van der Waals surface area contributed by atoms with Crippen LogP contribution in [0.1, 0.15) is 29.5 Å². The molecule has 1 N–H and O–H groups in total. The van der Waals surface area contributed by atoms with E-state index in [4.69, 9.17) is 4.74 Å². The smallest absolute Gasteiger partial charge is 0.308 e. The summed E-state index contributed by atoms with van der Waals surface area (Å²) < 4.78 is 4.83. The SMILES string of the molecule is CCc1ccc(CNC(=NC)N2CCC(C(=O)OC)CC2)s1. The van der Waals surface area contributed by atoms with E-state index < -0.39 is 0 Å². The maximum absolute atomic E-state index is 11.6. The number of methoxy groups -OCH3 is 1. The number of hydrogen-bond acceptors (Lipinski definition) is 4. The van der Waals surface area contributed by atoms with Crippen LogP contribution in [-0.2, 0) is 22.5 Å². The van der Waals surface area contributed by atoms with Crippen molar-refractivity contribution in [1.29, 1.82) is 0 Å². The van der Waals surface area contributed by atoms with Crippen LogP contribution < -0.4 is 5.32 Å². The number of aryl methyl sites for hydroxylation is 1. The minimum atomic E-state index is -0.0896. The Balaban J connectivity index is 1.84. The molecule has 0 bridgehead atoms. The molecule has 5 nitrogen and oxygen atoms in total. The molecule has 6 heteroatoms. The van der Waals surface area contributed by atoms with Crippen molar-refractivity contribution >= 4 is 23.3 Å². The first kappa shape index (κ1) is 16.8. The van der Waals surface area contributed by atoms with Crippen LogP contribution in [-0.4, -0.2) is 44.1 Å². The van der Waals surface area contributed by atoms with Gasteiger partial charge in [-0.05, 0) is 31.4 Å².